The summed E-state index contributed by atoms with van der Waals surface area (Å²) in [4.78, 5) is 12.9. The van der Waals surface area contributed by atoms with Crippen molar-refractivity contribution >= 4 is 21.6 Å². The van der Waals surface area contributed by atoms with Gasteiger partial charge in [-0.3, -0.25) is 9.10 Å². The van der Waals surface area contributed by atoms with E-state index in [1.54, 1.807) is 42.5 Å². The summed E-state index contributed by atoms with van der Waals surface area (Å²) in [5.41, 5.74) is 6.42. The number of benzene rings is 3. The van der Waals surface area contributed by atoms with Gasteiger partial charge in [-0.25, -0.2) is 8.42 Å². The summed E-state index contributed by atoms with van der Waals surface area (Å²) >= 11 is 0. The molecule has 3 rings (SSSR count). The molecule has 0 bridgehead atoms. The summed E-state index contributed by atoms with van der Waals surface area (Å²) in [6, 6.07) is 18.2. The van der Waals surface area contributed by atoms with E-state index < -0.39 is 10.0 Å². The van der Waals surface area contributed by atoms with Crippen molar-refractivity contribution in [2.45, 2.75) is 47.2 Å². The highest BCUT2D eigenvalue weighted by Gasteiger charge is 2.22. The SMILES string of the molecule is CCOc1ccccc1N(Cc1ccc(C(=O)N[C@@H](C)c2cc(C)c(C)cc2C)cc1)S(C)(=O)=O. The van der Waals surface area contributed by atoms with Crippen LogP contribution in [0.25, 0.3) is 0 Å². The van der Waals surface area contributed by atoms with Gasteiger partial charge in [0, 0.05) is 5.56 Å². The number of rotatable bonds is 9. The van der Waals surface area contributed by atoms with E-state index in [4.69, 9.17) is 4.74 Å². The number of aryl methyl sites for hydroxylation is 3. The highest BCUT2D eigenvalue weighted by atomic mass is 32.2. The van der Waals surface area contributed by atoms with E-state index in [1.807, 2.05) is 19.9 Å². The fraction of sp³-hybridized carbons (Fsp3) is 0.321. The van der Waals surface area contributed by atoms with Crippen LogP contribution in [0.4, 0.5) is 5.69 Å². The summed E-state index contributed by atoms with van der Waals surface area (Å²) in [6.07, 6.45) is 1.17. The van der Waals surface area contributed by atoms with E-state index in [0.29, 0.717) is 23.6 Å². The normalized spacial score (nSPS) is 12.2. The molecule has 1 N–H and O–H groups in total. The average molecular weight is 495 g/mol. The van der Waals surface area contributed by atoms with Crippen molar-refractivity contribution in [2.24, 2.45) is 0 Å². The first kappa shape index (κ1) is 26.3. The number of sulfonamides is 1. The van der Waals surface area contributed by atoms with Crippen molar-refractivity contribution in [3.8, 4) is 5.75 Å². The molecule has 3 aromatic carbocycles. The second-order valence-electron chi connectivity index (χ2n) is 8.86. The monoisotopic (exact) mass is 494 g/mol. The van der Waals surface area contributed by atoms with Gasteiger partial charge >= 0.3 is 0 Å². The van der Waals surface area contributed by atoms with Crippen molar-refractivity contribution in [2.75, 3.05) is 17.2 Å². The molecule has 0 unspecified atom stereocenters. The van der Waals surface area contributed by atoms with Gasteiger partial charge in [0.25, 0.3) is 5.91 Å². The third kappa shape index (κ3) is 6.42. The third-order valence-electron chi connectivity index (χ3n) is 6.07. The van der Waals surface area contributed by atoms with Crippen LogP contribution in [-0.2, 0) is 16.6 Å². The predicted molar refractivity (Wildman–Crippen MR) is 142 cm³/mol. The molecule has 0 spiro atoms. The van der Waals surface area contributed by atoms with Crippen LogP contribution in [0.1, 0.15) is 58.1 Å². The topological polar surface area (TPSA) is 75.7 Å². The van der Waals surface area contributed by atoms with E-state index in [9.17, 15) is 13.2 Å². The van der Waals surface area contributed by atoms with E-state index in [2.05, 4.69) is 38.2 Å². The molecular formula is C28H34N2O4S. The van der Waals surface area contributed by atoms with Crippen LogP contribution in [0.3, 0.4) is 0 Å². The minimum absolute atomic E-state index is 0.128. The zero-order valence-electron chi connectivity index (χ0n) is 21.3. The fourth-order valence-electron chi connectivity index (χ4n) is 4.06. The standard InChI is InChI=1S/C28H34N2O4S/c1-7-34-27-11-9-8-10-26(27)30(35(6,32)33)18-23-12-14-24(15-13-23)28(31)29-22(5)25-17-20(3)19(2)16-21(25)4/h8-17,22H,7,18H2,1-6H3,(H,29,31)/t22-/m0/s1. The van der Waals surface area contributed by atoms with Gasteiger partial charge in [-0.1, -0.05) is 36.4 Å². The van der Waals surface area contributed by atoms with Crippen molar-refractivity contribution in [1.29, 1.82) is 0 Å². The molecule has 0 heterocycles. The van der Waals surface area contributed by atoms with Gasteiger partial charge in [0.1, 0.15) is 5.75 Å². The smallest absolute Gasteiger partial charge is 0.251 e. The molecule has 0 aromatic heterocycles. The van der Waals surface area contributed by atoms with Crippen LogP contribution < -0.4 is 14.4 Å². The lowest BCUT2D eigenvalue weighted by atomic mass is 9.96. The van der Waals surface area contributed by atoms with Gasteiger partial charge < -0.3 is 10.1 Å². The maximum atomic E-state index is 12.9. The number of anilines is 1. The Balaban J connectivity index is 1.78. The average Bonchev–Trinajstić information content (AvgIpc) is 2.80. The van der Waals surface area contributed by atoms with E-state index in [-0.39, 0.29) is 18.5 Å². The Morgan fingerprint density at radius 1 is 0.971 bits per heavy atom. The Kier molecular flexibility index (Phi) is 8.22. The number of hydrogen-bond donors (Lipinski definition) is 1. The number of carbonyl (C=O) groups excluding carboxylic acids is 1. The lowest BCUT2D eigenvalue weighted by Gasteiger charge is -2.25. The van der Waals surface area contributed by atoms with Crippen molar-refractivity contribution in [1.82, 2.24) is 5.32 Å². The minimum Gasteiger partial charge on any atom is -0.492 e. The molecule has 1 amide bonds. The molecule has 3 aromatic rings. The Hall–Kier alpha value is -3.32. The summed E-state index contributed by atoms with van der Waals surface area (Å²) < 4.78 is 32.2. The fourth-order valence-corrected chi connectivity index (χ4v) is 4.95. The summed E-state index contributed by atoms with van der Waals surface area (Å²) in [6.45, 7) is 10.6. The molecule has 1 atom stereocenters. The molecular weight excluding hydrogens is 460 g/mol. The van der Waals surface area contributed by atoms with Crippen molar-refractivity contribution in [3.05, 3.63) is 94.0 Å². The quantitative estimate of drug-likeness (QED) is 0.428. The summed E-state index contributed by atoms with van der Waals surface area (Å²) in [7, 11) is -3.57. The highest BCUT2D eigenvalue weighted by molar-refractivity contribution is 7.92. The molecule has 0 aliphatic rings. The first-order valence-electron chi connectivity index (χ1n) is 11.7. The van der Waals surface area contributed by atoms with Crippen LogP contribution in [0.2, 0.25) is 0 Å². The summed E-state index contributed by atoms with van der Waals surface area (Å²) in [5.74, 6) is 0.329. The van der Waals surface area contributed by atoms with Crippen LogP contribution >= 0.6 is 0 Å². The van der Waals surface area contributed by atoms with Gasteiger partial charge in [0.2, 0.25) is 10.0 Å². The largest absolute Gasteiger partial charge is 0.492 e. The second kappa shape index (κ2) is 11.0. The Morgan fingerprint density at radius 2 is 1.60 bits per heavy atom. The van der Waals surface area contributed by atoms with Crippen LogP contribution in [0.5, 0.6) is 5.75 Å². The molecule has 35 heavy (non-hydrogen) atoms. The maximum Gasteiger partial charge on any atom is 0.251 e. The zero-order valence-corrected chi connectivity index (χ0v) is 22.1. The third-order valence-corrected chi connectivity index (χ3v) is 7.20. The number of hydrogen-bond acceptors (Lipinski definition) is 4. The lowest BCUT2D eigenvalue weighted by Crippen LogP contribution is -2.30. The molecule has 7 heteroatoms. The first-order valence-corrected chi connectivity index (χ1v) is 13.5. The predicted octanol–water partition coefficient (Wildman–Crippen LogP) is 5.47. The maximum absolute atomic E-state index is 12.9. The van der Waals surface area contributed by atoms with E-state index in [1.165, 1.54) is 21.7 Å². The Morgan fingerprint density at radius 3 is 2.23 bits per heavy atom. The minimum atomic E-state index is -3.57. The van der Waals surface area contributed by atoms with Gasteiger partial charge in [-0.05, 0) is 86.7 Å². The Labute approximate surface area is 209 Å². The molecule has 0 aliphatic carbocycles. The molecule has 0 saturated carbocycles. The molecule has 0 radical (unpaired) electrons. The van der Waals surface area contributed by atoms with Crippen molar-refractivity contribution in [3.63, 3.8) is 0 Å². The molecule has 0 aliphatic heterocycles. The summed E-state index contributed by atoms with van der Waals surface area (Å²) in [5, 5.41) is 3.07. The lowest BCUT2D eigenvalue weighted by molar-refractivity contribution is 0.0939. The highest BCUT2D eigenvalue weighted by Crippen LogP contribution is 2.31. The number of carbonyl (C=O) groups is 1. The van der Waals surface area contributed by atoms with Gasteiger partial charge in [0.15, 0.2) is 0 Å². The number of nitrogens with zero attached hydrogens (tertiary/aromatic N) is 1. The van der Waals surface area contributed by atoms with Crippen LogP contribution in [-0.4, -0.2) is 27.2 Å². The van der Waals surface area contributed by atoms with Crippen LogP contribution in [0.15, 0.2) is 60.7 Å². The van der Waals surface area contributed by atoms with Gasteiger partial charge in [0.05, 0.1) is 31.1 Å². The van der Waals surface area contributed by atoms with Crippen LogP contribution in [0, 0.1) is 20.8 Å². The number of nitrogens with one attached hydrogen (secondary N) is 1. The molecule has 186 valence electrons. The number of ether oxygens (including phenoxy) is 1. The van der Waals surface area contributed by atoms with Gasteiger partial charge in [-0.2, -0.15) is 0 Å². The Bertz CT molecular complexity index is 1300. The molecule has 0 saturated heterocycles. The molecule has 6 nitrogen and oxygen atoms in total. The second-order valence-corrected chi connectivity index (χ2v) is 10.8. The number of para-hydroxylation sites is 2. The van der Waals surface area contributed by atoms with E-state index >= 15 is 0 Å². The molecule has 0 fully saturated rings. The van der Waals surface area contributed by atoms with E-state index in [0.717, 1.165) is 16.7 Å². The zero-order chi connectivity index (χ0) is 25.8. The first-order chi connectivity index (χ1) is 16.5. The number of amides is 1. The van der Waals surface area contributed by atoms with Crippen molar-refractivity contribution < 1.29 is 17.9 Å². The van der Waals surface area contributed by atoms with Gasteiger partial charge in [-0.15, -0.1) is 0 Å².